The maximum absolute atomic E-state index is 12.8. The minimum absolute atomic E-state index is 0.0333. The molecule has 31 heavy (non-hydrogen) atoms. The smallest absolute Gasteiger partial charge is 0.308 e. The molecular formula is C22H27N3O4S2. The summed E-state index contributed by atoms with van der Waals surface area (Å²) in [7, 11) is -3.68. The molecule has 3 rings (SSSR count). The first-order valence-electron chi connectivity index (χ1n) is 9.89. The number of carbonyl (C=O) groups excluding carboxylic acids is 1. The van der Waals surface area contributed by atoms with Gasteiger partial charge < -0.3 is 5.32 Å². The van der Waals surface area contributed by atoms with Gasteiger partial charge in [-0.05, 0) is 63.9 Å². The first-order valence-corrected chi connectivity index (χ1v) is 12.6. The summed E-state index contributed by atoms with van der Waals surface area (Å²) in [4.78, 5) is 24.9. The lowest BCUT2D eigenvalue weighted by Crippen LogP contribution is -2.38. The van der Waals surface area contributed by atoms with E-state index in [9.17, 15) is 18.0 Å². The van der Waals surface area contributed by atoms with Crippen LogP contribution in [0.5, 0.6) is 0 Å². The van der Waals surface area contributed by atoms with Crippen LogP contribution in [-0.2, 0) is 14.8 Å². The van der Waals surface area contributed by atoms with Crippen LogP contribution >= 0.6 is 11.3 Å². The van der Waals surface area contributed by atoms with Gasteiger partial charge in [0.15, 0.2) is 0 Å². The number of aromatic nitrogens is 1. The van der Waals surface area contributed by atoms with Gasteiger partial charge in [-0.3, -0.25) is 18.5 Å². The van der Waals surface area contributed by atoms with E-state index in [0.717, 1.165) is 48.8 Å². The van der Waals surface area contributed by atoms with E-state index in [0.29, 0.717) is 11.4 Å². The summed E-state index contributed by atoms with van der Waals surface area (Å²) in [5.74, 6) is -0.459. The second kappa shape index (κ2) is 8.47. The fourth-order valence-electron chi connectivity index (χ4n) is 3.86. The van der Waals surface area contributed by atoms with Gasteiger partial charge in [0.1, 0.15) is 6.54 Å². The molecule has 1 aromatic heterocycles. The zero-order chi connectivity index (χ0) is 23.1. The fourth-order valence-corrected chi connectivity index (χ4v) is 5.89. The van der Waals surface area contributed by atoms with Gasteiger partial charge in [0.25, 0.3) is 0 Å². The van der Waals surface area contributed by atoms with Crippen molar-refractivity contribution >= 4 is 48.9 Å². The Morgan fingerprint density at radius 1 is 1.13 bits per heavy atom. The van der Waals surface area contributed by atoms with Crippen molar-refractivity contribution in [1.82, 2.24) is 4.57 Å². The molecule has 0 saturated carbocycles. The zero-order valence-corrected chi connectivity index (χ0v) is 20.1. The summed E-state index contributed by atoms with van der Waals surface area (Å²) in [5, 5.41) is 2.76. The third kappa shape index (κ3) is 4.83. The molecule has 166 valence electrons. The Kier molecular flexibility index (Phi) is 6.29. The topological polar surface area (TPSA) is 88.5 Å². The number of hydrogen-bond donors (Lipinski definition) is 1. The van der Waals surface area contributed by atoms with Crippen LogP contribution in [-0.4, -0.2) is 31.7 Å². The number of fused-ring (bicyclic) bond motifs is 1. The average Bonchev–Trinajstić information content (AvgIpc) is 2.94. The Hall–Kier alpha value is -2.65. The second-order valence-corrected chi connectivity index (χ2v) is 11.0. The molecule has 7 nitrogen and oxygen atoms in total. The average molecular weight is 462 g/mol. The lowest BCUT2D eigenvalue weighted by Gasteiger charge is -2.26. The van der Waals surface area contributed by atoms with Crippen LogP contribution in [0.15, 0.2) is 35.1 Å². The highest BCUT2D eigenvalue weighted by molar-refractivity contribution is 7.92. The SMILES string of the molecule is Cc1cc(C)c(N(CC(=O)Nc2ccc3c(c2)sc(=O)n3C(C)C)S(C)(=O)=O)c(C)c1. The number of amides is 1. The van der Waals surface area contributed by atoms with Crippen molar-refractivity contribution < 1.29 is 13.2 Å². The molecule has 0 radical (unpaired) electrons. The summed E-state index contributed by atoms with van der Waals surface area (Å²) >= 11 is 1.12. The molecule has 0 fully saturated rings. The Morgan fingerprint density at radius 2 is 1.74 bits per heavy atom. The van der Waals surface area contributed by atoms with E-state index in [1.165, 1.54) is 0 Å². The highest BCUT2D eigenvalue weighted by atomic mass is 32.2. The summed E-state index contributed by atoms with van der Waals surface area (Å²) in [6.07, 6.45) is 1.09. The molecule has 0 spiro atoms. The molecule has 0 saturated heterocycles. The van der Waals surface area contributed by atoms with Gasteiger partial charge in [-0.15, -0.1) is 0 Å². The maximum Gasteiger partial charge on any atom is 0.308 e. The van der Waals surface area contributed by atoms with Gasteiger partial charge in [-0.1, -0.05) is 29.0 Å². The van der Waals surface area contributed by atoms with Crippen molar-refractivity contribution in [3.8, 4) is 0 Å². The number of rotatable bonds is 6. The summed E-state index contributed by atoms with van der Waals surface area (Å²) in [5.41, 5.74) is 4.45. The van der Waals surface area contributed by atoms with Crippen LogP contribution < -0.4 is 14.5 Å². The van der Waals surface area contributed by atoms with E-state index in [4.69, 9.17) is 0 Å². The molecule has 0 aliphatic carbocycles. The number of benzene rings is 2. The van der Waals surface area contributed by atoms with Gasteiger partial charge in [0, 0.05) is 11.7 Å². The lowest BCUT2D eigenvalue weighted by molar-refractivity contribution is -0.114. The number of sulfonamides is 1. The number of carbonyl (C=O) groups is 1. The quantitative estimate of drug-likeness (QED) is 0.602. The third-order valence-electron chi connectivity index (χ3n) is 4.99. The van der Waals surface area contributed by atoms with Crippen LogP contribution in [0.2, 0.25) is 0 Å². The second-order valence-electron chi connectivity index (χ2n) is 8.08. The molecule has 2 aromatic carbocycles. The molecule has 9 heteroatoms. The van der Waals surface area contributed by atoms with Crippen molar-refractivity contribution in [2.45, 2.75) is 40.7 Å². The van der Waals surface area contributed by atoms with E-state index >= 15 is 0 Å². The monoisotopic (exact) mass is 461 g/mol. The molecule has 3 aromatic rings. The number of anilines is 2. The maximum atomic E-state index is 12.8. The minimum atomic E-state index is -3.68. The summed E-state index contributed by atoms with van der Waals surface area (Å²) < 4.78 is 28.6. The van der Waals surface area contributed by atoms with Crippen LogP contribution in [0.3, 0.4) is 0 Å². The van der Waals surface area contributed by atoms with Crippen LogP contribution in [0, 0.1) is 20.8 Å². The molecule has 0 aliphatic heterocycles. The van der Waals surface area contributed by atoms with Crippen molar-refractivity contribution in [3.05, 3.63) is 56.7 Å². The molecule has 1 heterocycles. The Bertz CT molecular complexity index is 1300. The van der Waals surface area contributed by atoms with Crippen LogP contribution in [0.4, 0.5) is 11.4 Å². The molecule has 1 amide bonds. The van der Waals surface area contributed by atoms with Gasteiger partial charge >= 0.3 is 4.87 Å². The van der Waals surface area contributed by atoms with Gasteiger partial charge in [0.2, 0.25) is 15.9 Å². The molecule has 0 bridgehead atoms. The summed E-state index contributed by atoms with van der Waals surface area (Å²) in [6.45, 7) is 9.15. The third-order valence-corrected chi connectivity index (χ3v) is 7.02. The van der Waals surface area contributed by atoms with Gasteiger partial charge in [0.05, 0.1) is 22.2 Å². The number of nitrogens with zero attached hydrogens (tertiary/aromatic N) is 2. The van der Waals surface area contributed by atoms with Gasteiger partial charge in [-0.25, -0.2) is 8.42 Å². The summed E-state index contributed by atoms with van der Waals surface area (Å²) in [6, 6.07) is 9.09. The molecule has 1 N–H and O–H groups in total. The Balaban J connectivity index is 1.90. The largest absolute Gasteiger partial charge is 0.324 e. The predicted octanol–water partition coefficient (Wildman–Crippen LogP) is 3.97. The molecular weight excluding hydrogens is 434 g/mol. The van der Waals surface area contributed by atoms with Crippen molar-refractivity contribution in [1.29, 1.82) is 0 Å². The number of nitrogens with one attached hydrogen (secondary N) is 1. The first-order chi connectivity index (χ1) is 14.4. The van der Waals surface area contributed by atoms with Gasteiger partial charge in [-0.2, -0.15) is 0 Å². The van der Waals surface area contributed by atoms with Crippen molar-refractivity contribution in [2.24, 2.45) is 0 Å². The fraction of sp³-hybridized carbons (Fsp3) is 0.364. The van der Waals surface area contributed by atoms with Crippen LogP contribution in [0.1, 0.15) is 36.6 Å². The Morgan fingerprint density at radius 3 is 2.29 bits per heavy atom. The molecule has 0 aliphatic rings. The van der Waals surface area contributed by atoms with Crippen molar-refractivity contribution in [3.63, 3.8) is 0 Å². The number of thiazole rings is 1. The van der Waals surface area contributed by atoms with E-state index in [1.807, 2.05) is 46.8 Å². The molecule has 0 unspecified atom stereocenters. The van der Waals surface area contributed by atoms with E-state index < -0.39 is 15.9 Å². The minimum Gasteiger partial charge on any atom is -0.324 e. The predicted molar refractivity (Wildman–Crippen MR) is 128 cm³/mol. The molecule has 0 atom stereocenters. The van der Waals surface area contributed by atoms with Crippen LogP contribution in [0.25, 0.3) is 10.2 Å². The normalized spacial score (nSPS) is 11.8. The first kappa shape index (κ1) is 23.0. The van der Waals surface area contributed by atoms with E-state index in [1.54, 1.807) is 22.8 Å². The highest BCUT2D eigenvalue weighted by Gasteiger charge is 2.24. The number of aryl methyl sites for hydroxylation is 3. The lowest BCUT2D eigenvalue weighted by atomic mass is 10.1. The van der Waals surface area contributed by atoms with E-state index in [-0.39, 0.29) is 17.5 Å². The highest BCUT2D eigenvalue weighted by Crippen LogP contribution is 2.29. The van der Waals surface area contributed by atoms with Crippen molar-refractivity contribution in [2.75, 3.05) is 22.4 Å². The number of hydrogen-bond acceptors (Lipinski definition) is 5. The Labute approximate surface area is 186 Å². The standard InChI is InChI=1S/C22H27N3O4S2/c1-13(2)25-18-8-7-17(11-19(18)30-22(25)27)23-20(26)12-24(31(6,28)29)21-15(4)9-14(3)10-16(21)5/h7-11,13H,12H2,1-6H3,(H,23,26). The zero-order valence-electron chi connectivity index (χ0n) is 18.5. The van der Waals surface area contributed by atoms with E-state index in [2.05, 4.69) is 5.32 Å².